The Morgan fingerprint density at radius 3 is 2.38 bits per heavy atom. The summed E-state index contributed by atoms with van der Waals surface area (Å²) in [6.45, 7) is 6.03. The Bertz CT molecular complexity index is 922. The maximum atomic E-state index is 14.4. The van der Waals surface area contributed by atoms with Gasteiger partial charge in [-0.3, -0.25) is 14.5 Å². The van der Waals surface area contributed by atoms with Crippen molar-refractivity contribution in [3.8, 4) is 0 Å². The molecule has 0 spiro atoms. The molecule has 5 nitrogen and oxygen atoms in total. The lowest BCUT2D eigenvalue weighted by Gasteiger charge is -2.37. The zero-order valence-electron chi connectivity index (χ0n) is 16.7. The first-order chi connectivity index (χ1) is 14.0. The number of hydrogen-bond donors (Lipinski definition) is 0. The molecule has 6 heteroatoms. The van der Waals surface area contributed by atoms with Crippen LogP contribution >= 0.6 is 0 Å². The smallest absolute Gasteiger partial charge is 0.237 e. The Hall–Kier alpha value is -2.73. The molecule has 0 aromatic heterocycles. The first-order valence-electron chi connectivity index (χ1n) is 10.1. The number of ketones is 1. The van der Waals surface area contributed by atoms with Crippen LogP contribution in [0.5, 0.6) is 0 Å². The molecule has 0 radical (unpaired) electrons. The molecule has 0 bridgehead atoms. The molecule has 2 aromatic rings. The maximum absolute atomic E-state index is 14.4. The van der Waals surface area contributed by atoms with E-state index in [1.165, 1.54) is 24.1 Å². The van der Waals surface area contributed by atoms with E-state index in [1.807, 2.05) is 21.9 Å². The molecule has 2 aliphatic heterocycles. The number of benzene rings is 2. The van der Waals surface area contributed by atoms with Crippen molar-refractivity contribution in [1.82, 2.24) is 9.80 Å². The van der Waals surface area contributed by atoms with Crippen molar-refractivity contribution in [2.75, 3.05) is 44.2 Å². The van der Waals surface area contributed by atoms with Crippen LogP contribution in [0, 0.1) is 5.82 Å². The SMILES string of the molecule is CC(=O)c1ccc(N2CCN(CC(=O)N3CCc4ccccc4C3)CC2)c(F)c1. The molecule has 1 fully saturated rings. The van der Waals surface area contributed by atoms with E-state index in [-0.39, 0.29) is 17.5 Å². The predicted molar refractivity (Wildman–Crippen MR) is 111 cm³/mol. The molecular formula is C23H26FN3O2. The largest absolute Gasteiger partial charge is 0.367 e. The van der Waals surface area contributed by atoms with Crippen LogP contribution in [0.1, 0.15) is 28.4 Å². The van der Waals surface area contributed by atoms with E-state index in [4.69, 9.17) is 0 Å². The normalized spacial score (nSPS) is 17.2. The lowest BCUT2D eigenvalue weighted by atomic mass is 10.00. The molecule has 0 atom stereocenters. The standard InChI is InChI=1S/C23H26FN3O2/c1-17(28)19-6-7-22(21(24)14-19)26-12-10-25(11-13-26)16-23(29)27-9-8-18-4-2-3-5-20(18)15-27/h2-7,14H,8-13,15-16H2,1H3. The van der Waals surface area contributed by atoms with Crippen LogP contribution in [0.15, 0.2) is 42.5 Å². The van der Waals surface area contributed by atoms with Crippen LogP contribution in [-0.4, -0.2) is 60.8 Å². The highest BCUT2D eigenvalue weighted by atomic mass is 19.1. The average molecular weight is 395 g/mol. The van der Waals surface area contributed by atoms with Crippen LogP contribution in [0.3, 0.4) is 0 Å². The second kappa shape index (κ2) is 8.33. The summed E-state index contributed by atoms with van der Waals surface area (Å²) in [5, 5.41) is 0. The zero-order valence-corrected chi connectivity index (χ0v) is 16.7. The topological polar surface area (TPSA) is 43.9 Å². The van der Waals surface area contributed by atoms with Gasteiger partial charge >= 0.3 is 0 Å². The molecule has 0 saturated carbocycles. The number of amides is 1. The van der Waals surface area contributed by atoms with Gasteiger partial charge in [0.2, 0.25) is 5.91 Å². The molecule has 0 unspecified atom stereocenters. The Balaban J connectivity index is 1.31. The Kier molecular flexibility index (Phi) is 5.62. The molecule has 0 aliphatic carbocycles. The summed E-state index contributed by atoms with van der Waals surface area (Å²) in [4.78, 5) is 30.2. The number of carbonyl (C=O) groups is 2. The minimum absolute atomic E-state index is 0.140. The molecule has 1 amide bonds. The van der Waals surface area contributed by atoms with Gasteiger partial charge in [0, 0.05) is 44.8 Å². The van der Waals surface area contributed by atoms with Crippen LogP contribution in [0.25, 0.3) is 0 Å². The molecule has 152 valence electrons. The third-order valence-electron chi connectivity index (χ3n) is 5.91. The van der Waals surface area contributed by atoms with E-state index >= 15 is 0 Å². The fraction of sp³-hybridized carbons (Fsp3) is 0.391. The molecule has 0 N–H and O–H groups in total. The number of rotatable bonds is 4. The van der Waals surface area contributed by atoms with Crippen LogP contribution in [0.4, 0.5) is 10.1 Å². The zero-order chi connectivity index (χ0) is 20.4. The van der Waals surface area contributed by atoms with Gasteiger partial charge in [-0.25, -0.2) is 4.39 Å². The van der Waals surface area contributed by atoms with E-state index in [2.05, 4.69) is 17.0 Å². The highest BCUT2D eigenvalue weighted by molar-refractivity contribution is 5.94. The first kappa shape index (κ1) is 19.6. The maximum Gasteiger partial charge on any atom is 0.237 e. The Morgan fingerprint density at radius 1 is 0.966 bits per heavy atom. The fourth-order valence-corrected chi connectivity index (χ4v) is 4.13. The van der Waals surface area contributed by atoms with Gasteiger partial charge in [0.05, 0.1) is 12.2 Å². The van der Waals surface area contributed by atoms with Gasteiger partial charge in [0.25, 0.3) is 0 Å². The predicted octanol–water partition coefficient (Wildman–Crippen LogP) is 2.74. The van der Waals surface area contributed by atoms with Crippen molar-refractivity contribution < 1.29 is 14.0 Å². The van der Waals surface area contributed by atoms with Gasteiger partial charge in [-0.1, -0.05) is 24.3 Å². The number of carbonyl (C=O) groups excluding carboxylic acids is 2. The average Bonchev–Trinajstić information content (AvgIpc) is 2.74. The number of nitrogens with zero attached hydrogens (tertiary/aromatic N) is 3. The summed E-state index contributed by atoms with van der Waals surface area (Å²) in [5.74, 6) is -0.349. The number of piperazine rings is 1. The van der Waals surface area contributed by atoms with Crippen LogP contribution < -0.4 is 4.90 Å². The quantitative estimate of drug-likeness (QED) is 0.747. The number of Topliss-reactive ketones (excluding diaryl/α,β-unsaturated/α-hetero) is 1. The van der Waals surface area contributed by atoms with Crippen molar-refractivity contribution in [3.05, 3.63) is 65.0 Å². The molecule has 29 heavy (non-hydrogen) atoms. The second-order valence-corrected chi connectivity index (χ2v) is 7.82. The summed E-state index contributed by atoms with van der Waals surface area (Å²) in [7, 11) is 0. The lowest BCUT2D eigenvalue weighted by Crippen LogP contribution is -2.50. The summed E-state index contributed by atoms with van der Waals surface area (Å²) in [6, 6.07) is 13.0. The van der Waals surface area contributed by atoms with E-state index in [1.54, 1.807) is 12.1 Å². The fourth-order valence-electron chi connectivity index (χ4n) is 4.13. The molecule has 2 heterocycles. The van der Waals surface area contributed by atoms with E-state index in [9.17, 15) is 14.0 Å². The molecule has 1 saturated heterocycles. The summed E-state index contributed by atoms with van der Waals surface area (Å²) >= 11 is 0. The van der Waals surface area contributed by atoms with Gasteiger partial charge < -0.3 is 9.80 Å². The second-order valence-electron chi connectivity index (χ2n) is 7.82. The highest BCUT2D eigenvalue weighted by Gasteiger charge is 2.25. The molecule has 4 rings (SSSR count). The third-order valence-corrected chi connectivity index (χ3v) is 5.91. The van der Waals surface area contributed by atoms with Crippen molar-refractivity contribution in [2.45, 2.75) is 19.9 Å². The molecule has 2 aliphatic rings. The first-order valence-corrected chi connectivity index (χ1v) is 10.1. The van der Waals surface area contributed by atoms with E-state index in [0.29, 0.717) is 50.5 Å². The highest BCUT2D eigenvalue weighted by Crippen LogP contribution is 2.23. The number of anilines is 1. The van der Waals surface area contributed by atoms with Gasteiger partial charge in [0.1, 0.15) is 5.82 Å². The molecular weight excluding hydrogens is 369 g/mol. The van der Waals surface area contributed by atoms with Crippen molar-refractivity contribution in [3.63, 3.8) is 0 Å². The summed E-state index contributed by atoms with van der Waals surface area (Å²) in [6.07, 6.45) is 0.908. The minimum atomic E-state index is -0.366. The lowest BCUT2D eigenvalue weighted by molar-refractivity contribution is -0.133. The number of fused-ring (bicyclic) bond motifs is 1. The van der Waals surface area contributed by atoms with Gasteiger partial charge in [-0.2, -0.15) is 0 Å². The number of hydrogen-bond acceptors (Lipinski definition) is 4. The monoisotopic (exact) mass is 395 g/mol. The van der Waals surface area contributed by atoms with E-state index < -0.39 is 0 Å². The van der Waals surface area contributed by atoms with Crippen LogP contribution in [0.2, 0.25) is 0 Å². The Labute approximate surface area is 170 Å². The third kappa shape index (κ3) is 4.32. The van der Waals surface area contributed by atoms with Gasteiger partial charge in [-0.05, 0) is 42.7 Å². The van der Waals surface area contributed by atoms with Crippen molar-refractivity contribution in [2.24, 2.45) is 0 Å². The van der Waals surface area contributed by atoms with E-state index in [0.717, 1.165) is 13.0 Å². The number of halogens is 1. The van der Waals surface area contributed by atoms with Crippen molar-refractivity contribution in [1.29, 1.82) is 0 Å². The van der Waals surface area contributed by atoms with Gasteiger partial charge in [0.15, 0.2) is 5.78 Å². The van der Waals surface area contributed by atoms with Crippen molar-refractivity contribution >= 4 is 17.4 Å². The van der Waals surface area contributed by atoms with Crippen LogP contribution in [-0.2, 0) is 17.8 Å². The summed E-state index contributed by atoms with van der Waals surface area (Å²) in [5.41, 5.74) is 3.48. The Morgan fingerprint density at radius 2 is 1.69 bits per heavy atom. The molecule has 2 aromatic carbocycles. The summed E-state index contributed by atoms with van der Waals surface area (Å²) < 4.78 is 14.4. The minimum Gasteiger partial charge on any atom is -0.367 e. The van der Waals surface area contributed by atoms with Gasteiger partial charge in [-0.15, -0.1) is 0 Å².